The minimum absolute atomic E-state index is 0.0818. The van der Waals surface area contributed by atoms with E-state index < -0.39 is 0 Å². The lowest BCUT2D eigenvalue weighted by Crippen LogP contribution is -2.34. The molecule has 1 amide bonds. The number of benzene rings is 2. The van der Waals surface area contributed by atoms with Crippen LogP contribution >= 0.6 is 0 Å². The number of aromatic nitrogens is 1. The molecule has 1 N–H and O–H groups in total. The monoisotopic (exact) mass is 406 g/mol. The third kappa shape index (κ3) is 3.77. The van der Waals surface area contributed by atoms with E-state index in [4.69, 9.17) is 19.2 Å². The zero-order valence-electron chi connectivity index (χ0n) is 17.7. The van der Waals surface area contributed by atoms with E-state index in [0.717, 1.165) is 16.5 Å². The highest BCUT2D eigenvalue weighted by Gasteiger charge is 2.29. The fourth-order valence-electron chi connectivity index (χ4n) is 3.74. The van der Waals surface area contributed by atoms with E-state index in [9.17, 15) is 4.79 Å². The molecule has 0 spiro atoms. The Labute approximate surface area is 176 Å². The van der Waals surface area contributed by atoms with E-state index in [0.29, 0.717) is 34.4 Å². The Morgan fingerprint density at radius 3 is 2.30 bits per heavy atom. The summed E-state index contributed by atoms with van der Waals surface area (Å²) in [6.45, 7) is 2.07. The first-order valence-electron chi connectivity index (χ1n) is 10.1. The third-order valence-electron chi connectivity index (χ3n) is 5.61. The van der Waals surface area contributed by atoms with Gasteiger partial charge in [0, 0.05) is 17.0 Å². The second-order valence-corrected chi connectivity index (χ2v) is 7.59. The molecule has 3 aromatic rings. The summed E-state index contributed by atoms with van der Waals surface area (Å²) in [7, 11) is 4.72. The summed E-state index contributed by atoms with van der Waals surface area (Å²) >= 11 is 0. The molecular weight excluding hydrogens is 380 g/mol. The lowest BCUT2D eigenvalue weighted by Gasteiger charge is -2.16. The van der Waals surface area contributed by atoms with Gasteiger partial charge in [0.05, 0.1) is 38.1 Å². The number of pyridine rings is 1. The number of carbonyl (C=O) groups excluding carboxylic acids is 1. The van der Waals surface area contributed by atoms with E-state index in [2.05, 4.69) is 12.2 Å². The van der Waals surface area contributed by atoms with Crippen LogP contribution in [0.25, 0.3) is 22.2 Å². The summed E-state index contributed by atoms with van der Waals surface area (Å²) in [6.07, 6.45) is 2.35. The van der Waals surface area contributed by atoms with Gasteiger partial charge in [0.15, 0.2) is 11.5 Å². The van der Waals surface area contributed by atoms with Crippen LogP contribution in [0.3, 0.4) is 0 Å². The topological polar surface area (TPSA) is 69.7 Å². The fourth-order valence-corrected chi connectivity index (χ4v) is 3.74. The van der Waals surface area contributed by atoms with E-state index in [1.165, 1.54) is 12.8 Å². The van der Waals surface area contributed by atoms with Gasteiger partial charge >= 0.3 is 0 Å². The number of hydrogen-bond donors (Lipinski definition) is 1. The average Bonchev–Trinajstić information content (AvgIpc) is 3.62. The number of hydrogen-bond acceptors (Lipinski definition) is 5. The van der Waals surface area contributed by atoms with Gasteiger partial charge in [0.2, 0.25) is 5.75 Å². The smallest absolute Gasteiger partial charge is 0.252 e. The number of methoxy groups -OCH3 is 3. The average molecular weight is 406 g/mol. The van der Waals surface area contributed by atoms with Crippen molar-refractivity contribution in [3.63, 3.8) is 0 Å². The molecule has 1 aromatic heterocycles. The van der Waals surface area contributed by atoms with Crippen LogP contribution in [-0.4, -0.2) is 38.3 Å². The summed E-state index contributed by atoms with van der Waals surface area (Å²) in [6, 6.07) is 13.4. The third-order valence-corrected chi connectivity index (χ3v) is 5.61. The molecule has 30 heavy (non-hydrogen) atoms. The maximum absolute atomic E-state index is 13.1. The molecule has 1 aliphatic carbocycles. The maximum Gasteiger partial charge on any atom is 0.252 e. The van der Waals surface area contributed by atoms with Gasteiger partial charge in [-0.15, -0.1) is 0 Å². The van der Waals surface area contributed by atoms with E-state index in [1.807, 2.05) is 42.5 Å². The van der Waals surface area contributed by atoms with Gasteiger partial charge in [0.1, 0.15) is 0 Å². The second-order valence-electron chi connectivity index (χ2n) is 7.59. The van der Waals surface area contributed by atoms with Crippen molar-refractivity contribution < 1.29 is 19.0 Å². The normalized spacial score (nSPS) is 14.3. The Morgan fingerprint density at radius 1 is 1.03 bits per heavy atom. The van der Waals surface area contributed by atoms with Crippen molar-refractivity contribution in [2.45, 2.75) is 25.8 Å². The van der Waals surface area contributed by atoms with Crippen molar-refractivity contribution in [3.8, 4) is 28.5 Å². The highest BCUT2D eigenvalue weighted by molar-refractivity contribution is 6.07. The summed E-state index contributed by atoms with van der Waals surface area (Å²) in [5.41, 5.74) is 2.81. The lowest BCUT2D eigenvalue weighted by molar-refractivity contribution is 0.0937. The fraction of sp³-hybridized carbons (Fsp3) is 0.333. The van der Waals surface area contributed by atoms with E-state index in [-0.39, 0.29) is 11.9 Å². The molecule has 4 rings (SSSR count). The molecule has 0 aliphatic heterocycles. The summed E-state index contributed by atoms with van der Waals surface area (Å²) in [5, 5.41) is 3.98. The van der Waals surface area contributed by atoms with Gasteiger partial charge in [-0.25, -0.2) is 4.98 Å². The van der Waals surface area contributed by atoms with Crippen molar-refractivity contribution in [1.29, 1.82) is 0 Å². The molecule has 0 saturated heterocycles. The predicted octanol–water partition coefficient (Wildman–Crippen LogP) is 4.46. The van der Waals surface area contributed by atoms with E-state index in [1.54, 1.807) is 21.3 Å². The highest BCUT2D eigenvalue weighted by atomic mass is 16.5. The number of rotatable bonds is 7. The molecule has 0 bridgehead atoms. The largest absolute Gasteiger partial charge is 0.493 e. The number of carbonyl (C=O) groups is 1. The Kier molecular flexibility index (Phi) is 5.48. The number of nitrogens with zero attached hydrogens (tertiary/aromatic N) is 1. The van der Waals surface area contributed by atoms with Gasteiger partial charge in [-0.3, -0.25) is 4.79 Å². The van der Waals surface area contributed by atoms with Crippen molar-refractivity contribution in [3.05, 3.63) is 48.0 Å². The molecule has 2 aromatic carbocycles. The van der Waals surface area contributed by atoms with Crippen LogP contribution in [0.4, 0.5) is 0 Å². The standard InChI is InChI=1S/C24H26N2O4/c1-14(15-9-10-15)25-24(27)18-13-20(26-19-8-6-5-7-17(18)19)16-11-21(28-2)23(30-4)22(12-16)29-3/h5-8,11-15H,9-10H2,1-4H3,(H,25,27)/t14-/m1/s1. The first-order valence-corrected chi connectivity index (χ1v) is 10.1. The van der Waals surface area contributed by atoms with Crippen LogP contribution in [0, 0.1) is 5.92 Å². The summed E-state index contributed by atoms with van der Waals surface area (Å²) < 4.78 is 16.4. The van der Waals surface area contributed by atoms with Crippen LogP contribution in [0.5, 0.6) is 17.2 Å². The van der Waals surface area contributed by atoms with Crippen LogP contribution in [-0.2, 0) is 0 Å². The number of ether oxygens (including phenoxy) is 3. The zero-order chi connectivity index (χ0) is 21.3. The Hall–Kier alpha value is -3.28. The molecule has 1 saturated carbocycles. The van der Waals surface area contributed by atoms with Gasteiger partial charge in [-0.1, -0.05) is 18.2 Å². The molecule has 156 valence electrons. The van der Waals surface area contributed by atoms with Crippen molar-refractivity contribution in [2.75, 3.05) is 21.3 Å². The lowest BCUT2D eigenvalue weighted by atomic mass is 10.0. The summed E-state index contributed by atoms with van der Waals surface area (Å²) in [5.74, 6) is 2.09. The van der Waals surface area contributed by atoms with Gasteiger partial charge < -0.3 is 19.5 Å². The molecule has 0 radical (unpaired) electrons. The molecule has 1 aliphatic rings. The summed E-state index contributed by atoms with van der Waals surface area (Å²) in [4.78, 5) is 17.9. The Balaban J connectivity index is 1.83. The molecule has 1 heterocycles. The quantitative estimate of drug-likeness (QED) is 0.628. The second kappa shape index (κ2) is 8.22. The highest BCUT2D eigenvalue weighted by Crippen LogP contribution is 2.41. The first kappa shape index (κ1) is 20.0. The number of amides is 1. The number of nitrogens with one attached hydrogen (secondary N) is 1. The molecule has 6 heteroatoms. The van der Waals surface area contributed by atoms with Crippen LogP contribution in [0.15, 0.2) is 42.5 Å². The van der Waals surface area contributed by atoms with Crippen LogP contribution in [0.1, 0.15) is 30.1 Å². The minimum atomic E-state index is -0.0818. The Bertz CT molecular complexity index is 1070. The molecule has 1 atom stereocenters. The zero-order valence-corrected chi connectivity index (χ0v) is 17.7. The predicted molar refractivity (Wildman–Crippen MR) is 116 cm³/mol. The number of para-hydroxylation sites is 1. The van der Waals surface area contributed by atoms with Crippen molar-refractivity contribution in [2.24, 2.45) is 5.92 Å². The number of fused-ring (bicyclic) bond motifs is 1. The Morgan fingerprint density at radius 2 is 1.70 bits per heavy atom. The van der Waals surface area contributed by atoms with Crippen LogP contribution in [0.2, 0.25) is 0 Å². The minimum Gasteiger partial charge on any atom is -0.493 e. The molecular formula is C24H26N2O4. The van der Waals surface area contributed by atoms with Gasteiger partial charge in [-0.05, 0) is 49.9 Å². The molecule has 1 fully saturated rings. The van der Waals surface area contributed by atoms with Crippen molar-refractivity contribution in [1.82, 2.24) is 10.3 Å². The molecule has 6 nitrogen and oxygen atoms in total. The SMILES string of the molecule is COc1cc(-c2cc(C(=O)N[C@H](C)C3CC3)c3ccccc3n2)cc(OC)c1OC. The van der Waals surface area contributed by atoms with Gasteiger partial charge in [-0.2, -0.15) is 0 Å². The van der Waals surface area contributed by atoms with E-state index >= 15 is 0 Å². The van der Waals surface area contributed by atoms with Crippen LogP contribution < -0.4 is 19.5 Å². The van der Waals surface area contributed by atoms with Gasteiger partial charge in [0.25, 0.3) is 5.91 Å². The first-order chi connectivity index (χ1) is 14.5. The molecule has 0 unspecified atom stereocenters. The maximum atomic E-state index is 13.1. The van der Waals surface area contributed by atoms with Crippen molar-refractivity contribution >= 4 is 16.8 Å².